The minimum absolute atomic E-state index is 0.0493. The number of rotatable bonds is 7. The summed E-state index contributed by atoms with van der Waals surface area (Å²) in [4.78, 5) is 29.0. The number of halogens is 3. The lowest BCUT2D eigenvalue weighted by Gasteiger charge is -2.46. The fourth-order valence-corrected chi connectivity index (χ4v) is 6.47. The first-order chi connectivity index (χ1) is 17.6. The van der Waals surface area contributed by atoms with E-state index < -0.39 is 17.0 Å². The van der Waals surface area contributed by atoms with Crippen molar-refractivity contribution in [3.63, 3.8) is 0 Å². The Bertz CT molecular complexity index is 1210. The van der Waals surface area contributed by atoms with Crippen LogP contribution in [0.5, 0.6) is 5.75 Å². The van der Waals surface area contributed by atoms with Crippen molar-refractivity contribution in [1.82, 2.24) is 9.80 Å². The van der Waals surface area contributed by atoms with Gasteiger partial charge in [-0.05, 0) is 86.3 Å². The Kier molecular flexibility index (Phi) is 6.94. The lowest BCUT2D eigenvalue weighted by atomic mass is 9.63. The topological polar surface area (TPSA) is 49.9 Å². The molecule has 3 aliphatic rings. The monoisotopic (exact) mass is 530 g/mol. The Hall–Kier alpha value is -2.67. The van der Waals surface area contributed by atoms with Crippen molar-refractivity contribution in [2.45, 2.75) is 50.4 Å². The van der Waals surface area contributed by atoms with Gasteiger partial charge in [-0.1, -0.05) is 18.0 Å². The molecule has 2 aromatic carbocycles. The van der Waals surface area contributed by atoms with Crippen LogP contribution in [0.1, 0.15) is 60.9 Å². The first-order valence-electron chi connectivity index (χ1n) is 13.0. The molecule has 2 aliphatic carbocycles. The molecule has 0 aromatic heterocycles. The summed E-state index contributed by atoms with van der Waals surface area (Å²) in [6.45, 7) is 1.88. The highest BCUT2D eigenvalue weighted by molar-refractivity contribution is 6.34. The van der Waals surface area contributed by atoms with Crippen molar-refractivity contribution in [3.8, 4) is 5.75 Å². The summed E-state index contributed by atoms with van der Waals surface area (Å²) in [5.41, 5.74) is -0.00651. The molecular weight excluding hydrogens is 498 g/mol. The lowest BCUT2D eigenvalue weighted by molar-refractivity contribution is -0.142. The Morgan fingerprint density at radius 2 is 1.81 bits per heavy atom. The number of piperidine rings is 1. The molecule has 1 unspecified atom stereocenters. The van der Waals surface area contributed by atoms with Crippen molar-refractivity contribution < 1.29 is 23.1 Å². The summed E-state index contributed by atoms with van der Waals surface area (Å²) in [5.74, 6) is -0.00182. The molecule has 1 spiro atoms. The number of carbonyl (C=O) groups is 2. The van der Waals surface area contributed by atoms with Crippen molar-refractivity contribution in [3.05, 3.63) is 64.2 Å². The van der Waals surface area contributed by atoms with E-state index in [1.165, 1.54) is 11.0 Å². The minimum Gasteiger partial charge on any atom is -0.494 e. The van der Waals surface area contributed by atoms with E-state index in [4.69, 9.17) is 16.3 Å². The van der Waals surface area contributed by atoms with Gasteiger partial charge < -0.3 is 14.5 Å². The Labute approximate surface area is 221 Å². The predicted octanol–water partition coefficient (Wildman–Crippen LogP) is 5.84. The van der Waals surface area contributed by atoms with Crippen LogP contribution in [0.2, 0.25) is 5.02 Å². The third kappa shape index (κ3) is 4.83. The zero-order valence-electron chi connectivity index (χ0n) is 21.4. The maximum atomic E-state index is 14.6. The molecular formula is C29H33ClF2N2O3. The second-order valence-corrected chi connectivity index (χ2v) is 11.5. The number of benzene rings is 2. The summed E-state index contributed by atoms with van der Waals surface area (Å²) in [6, 6.07) is 8.58. The van der Waals surface area contributed by atoms with E-state index in [0.29, 0.717) is 54.8 Å². The van der Waals surface area contributed by atoms with Crippen LogP contribution in [0.4, 0.5) is 8.78 Å². The number of hydrogen-bond acceptors (Lipinski definition) is 3. The van der Waals surface area contributed by atoms with Gasteiger partial charge in [0.1, 0.15) is 17.4 Å². The fourth-order valence-electron chi connectivity index (χ4n) is 6.22. The predicted molar refractivity (Wildman–Crippen MR) is 138 cm³/mol. The Morgan fingerprint density at radius 1 is 1.08 bits per heavy atom. The quantitative estimate of drug-likeness (QED) is 0.452. The fraction of sp³-hybridized carbons (Fsp3) is 0.517. The first kappa shape index (κ1) is 26.0. The van der Waals surface area contributed by atoms with Crippen LogP contribution in [-0.2, 0) is 10.2 Å². The van der Waals surface area contributed by atoms with Gasteiger partial charge in [0.2, 0.25) is 5.91 Å². The van der Waals surface area contributed by atoms with Gasteiger partial charge >= 0.3 is 0 Å². The van der Waals surface area contributed by atoms with Gasteiger partial charge in [-0.3, -0.25) is 9.59 Å². The molecule has 1 heterocycles. The van der Waals surface area contributed by atoms with Gasteiger partial charge in [0.05, 0.1) is 22.6 Å². The highest BCUT2D eigenvalue weighted by Gasteiger charge is 2.56. The SMILES string of the molecule is CN(C)C(=O)c1ccc(OCCC2CC23CCN(C(=O)C2(c4cc(F)ccc4F)CCC2)CC3)cc1Cl. The standard InChI is InChI=1S/C29H33ClF2N2O3/c1-33(2)26(35)22-6-5-21(17-24(22)30)37-15-8-19-18-28(19)11-13-34(14-12-28)27(36)29(9-3-10-29)23-16-20(31)4-7-25(23)32/h4-7,16-17,19H,3,8-15,18H2,1-2H3. The summed E-state index contributed by atoms with van der Waals surface area (Å²) < 4.78 is 34.4. The van der Waals surface area contributed by atoms with E-state index >= 15 is 0 Å². The van der Waals surface area contributed by atoms with Crippen molar-refractivity contribution in [1.29, 1.82) is 0 Å². The lowest BCUT2D eigenvalue weighted by Crippen LogP contribution is -2.53. The smallest absolute Gasteiger partial charge is 0.254 e. The molecule has 1 saturated heterocycles. The van der Waals surface area contributed by atoms with Crippen molar-refractivity contribution >= 4 is 23.4 Å². The third-order valence-electron chi connectivity index (χ3n) is 8.78. The number of hydrogen-bond donors (Lipinski definition) is 0. The Morgan fingerprint density at radius 3 is 2.43 bits per heavy atom. The van der Waals surface area contributed by atoms with E-state index in [1.807, 2.05) is 4.90 Å². The Balaban J connectivity index is 1.13. The normalized spacial score (nSPS) is 21.3. The molecule has 2 aromatic rings. The average molecular weight is 531 g/mol. The molecule has 0 bridgehead atoms. The van der Waals surface area contributed by atoms with Gasteiger partial charge in [0, 0.05) is 32.7 Å². The van der Waals surface area contributed by atoms with E-state index in [0.717, 1.165) is 44.2 Å². The third-order valence-corrected chi connectivity index (χ3v) is 9.09. The van der Waals surface area contributed by atoms with Crippen LogP contribution in [0.3, 0.4) is 0 Å². The molecule has 0 N–H and O–H groups in total. The number of nitrogens with zero attached hydrogens (tertiary/aromatic N) is 2. The van der Waals surface area contributed by atoms with Crippen LogP contribution in [0.25, 0.3) is 0 Å². The molecule has 5 nitrogen and oxygen atoms in total. The van der Waals surface area contributed by atoms with E-state index in [1.54, 1.807) is 32.3 Å². The minimum atomic E-state index is -0.915. The van der Waals surface area contributed by atoms with Gasteiger partial charge in [-0.25, -0.2) is 8.78 Å². The van der Waals surface area contributed by atoms with Crippen LogP contribution >= 0.6 is 11.6 Å². The highest BCUT2D eigenvalue weighted by Crippen LogP contribution is 2.61. The first-order valence-corrected chi connectivity index (χ1v) is 13.4. The van der Waals surface area contributed by atoms with Crippen LogP contribution in [0.15, 0.2) is 36.4 Å². The van der Waals surface area contributed by atoms with E-state index in [9.17, 15) is 18.4 Å². The van der Waals surface area contributed by atoms with Crippen molar-refractivity contribution in [2.75, 3.05) is 33.8 Å². The van der Waals surface area contributed by atoms with Gasteiger partial charge in [0.15, 0.2) is 0 Å². The molecule has 3 fully saturated rings. The number of amides is 2. The molecule has 2 saturated carbocycles. The highest BCUT2D eigenvalue weighted by atomic mass is 35.5. The van der Waals surface area contributed by atoms with Crippen LogP contribution in [0, 0.1) is 23.0 Å². The largest absolute Gasteiger partial charge is 0.494 e. The van der Waals surface area contributed by atoms with E-state index in [2.05, 4.69) is 0 Å². The summed E-state index contributed by atoms with van der Waals surface area (Å²) in [7, 11) is 3.37. The molecule has 37 heavy (non-hydrogen) atoms. The van der Waals surface area contributed by atoms with Gasteiger partial charge in [-0.15, -0.1) is 0 Å². The second-order valence-electron chi connectivity index (χ2n) is 11.1. The van der Waals surface area contributed by atoms with E-state index in [-0.39, 0.29) is 22.8 Å². The molecule has 2 amide bonds. The molecule has 5 rings (SSSR count). The molecule has 0 radical (unpaired) electrons. The summed E-state index contributed by atoms with van der Waals surface area (Å²) in [5, 5.41) is 0.374. The van der Waals surface area contributed by atoms with Crippen LogP contribution < -0.4 is 4.74 Å². The zero-order chi connectivity index (χ0) is 26.4. The van der Waals surface area contributed by atoms with Crippen molar-refractivity contribution in [2.24, 2.45) is 11.3 Å². The maximum absolute atomic E-state index is 14.6. The number of carbonyl (C=O) groups excluding carboxylic acids is 2. The molecule has 198 valence electrons. The molecule has 1 atom stereocenters. The maximum Gasteiger partial charge on any atom is 0.254 e. The zero-order valence-corrected chi connectivity index (χ0v) is 22.1. The second kappa shape index (κ2) is 9.90. The van der Waals surface area contributed by atoms with Gasteiger partial charge in [0.25, 0.3) is 5.91 Å². The van der Waals surface area contributed by atoms with Gasteiger partial charge in [-0.2, -0.15) is 0 Å². The summed E-state index contributed by atoms with van der Waals surface area (Å²) in [6.07, 6.45) is 5.89. The number of ether oxygens (including phenoxy) is 1. The van der Waals surface area contributed by atoms with Crippen LogP contribution in [-0.4, -0.2) is 55.4 Å². The molecule has 1 aliphatic heterocycles. The number of likely N-dealkylation sites (tertiary alicyclic amines) is 1. The molecule has 8 heteroatoms. The average Bonchev–Trinajstić information content (AvgIpc) is 3.51. The summed E-state index contributed by atoms with van der Waals surface area (Å²) >= 11 is 6.28.